The van der Waals surface area contributed by atoms with Crippen molar-refractivity contribution in [1.29, 1.82) is 0 Å². The zero-order valence-electron chi connectivity index (χ0n) is 15.5. The molecule has 0 spiro atoms. The molecular weight excluding hydrogens is 322 g/mol. The van der Waals surface area contributed by atoms with Gasteiger partial charge in [0.05, 0.1) is 21.1 Å². The number of carbonyl (C=O) groups excluding carboxylic acids is 2. The summed E-state index contributed by atoms with van der Waals surface area (Å²) in [6.07, 6.45) is 1.86. The molecule has 1 aromatic heterocycles. The van der Waals surface area contributed by atoms with Gasteiger partial charge in [0.25, 0.3) is 0 Å². The van der Waals surface area contributed by atoms with Crippen LogP contribution in [-0.4, -0.2) is 74.8 Å². The SMILES string of the molecule is CN(C)CCc1c[nH]c2cccc(OC(=O)OCC(=O)[N+](C)(C)C)c12. The molecule has 0 saturated carbocycles. The van der Waals surface area contributed by atoms with E-state index in [1.54, 1.807) is 33.3 Å². The van der Waals surface area contributed by atoms with Crippen LogP contribution in [0.4, 0.5) is 4.79 Å². The maximum atomic E-state index is 12.0. The summed E-state index contributed by atoms with van der Waals surface area (Å²) < 4.78 is 10.4. The fourth-order valence-electron chi connectivity index (χ4n) is 2.28. The summed E-state index contributed by atoms with van der Waals surface area (Å²) in [5.74, 6) is 0.207. The number of nitrogens with zero attached hydrogens (tertiary/aromatic N) is 2. The van der Waals surface area contributed by atoms with Crippen LogP contribution in [0.25, 0.3) is 10.9 Å². The largest absolute Gasteiger partial charge is 0.514 e. The van der Waals surface area contributed by atoms with Gasteiger partial charge in [0.1, 0.15) is 5.75 Å². The van der Waals surface area contributed by atoms with Gasteiger partial charge in [-0.1, -0.05) is 6.07 Å². The third kappa shape index (κ3) is 5.04. The number of H-pyrrole nitrogens is 1. The lowest BCUT2D eigenvalue weighted by molar-refractivity contribution is -0.792. The number of ether oxygens (including phenoxy) is 2. The van der Waals surface area contributed by atoms with Gasteiger partial charge in [-0.05, 0) is 38.2 Å². The van der Waals surface area contributed by atoms with Crippen LogP contribution in [0.15, 0.2) is 24.4 Å². The Morgan fingerprint density at radius 2 is 1.92 bits per heavy atom. The normalized spacial score (nSPS) is 11.8. The van der Waals surface area contributed by atoms with Crippen LogP contribution in [0.1, 0.15) is 5.56 Å². The lowest BCUT2D eigenvalue weighted by Crippen LogP contribution is -2.44. The Morgan fingerprint density at radius 3 is 2.56 bits per heavy atom. The van der Waals surface area contributed by atoms with Gasteiger partial charge in [0.2, 0.25) is 6.61 Å². The zero-order valence-corrected chi connectivity index (χ0v) is 15.5. The maximum absolute atomic E-state index is 12.0. The van der Waals surface area contributed by atoms with Gasteiger partial charge in [-0.2, -0.15) is 0 Å². The minimum Gasteiger partial charge on any atom is -0.419 e. The van der Waals surface area contributed by atoms with Crippen molar-refractivity contribution in [2.24, 2.45) is 0 Å². The van der Waals surface area contributed by atoms with E-state index in [2.05, 4.69) is 9.88 Å². The Morgan fingerprint density at radius 1 is 1.20 bits per heavy atom. The number of hydrogen-bond donors (Lipinski definition) is 1. The summed E-state index contributed by atoms with van der Waals surface area (Å²) in [4.78, 5) is 29.1. The predicted molar refractivity (Wildman–Crippen MR) is 95.6 cm³/mol. The average molecular weight is 348 g/mol. The molecular formula is C18H26N3O4+. The molecule has 0 unspecified atom stereocenters. The smallest absolute Gasteiger partial charge is 0.419 e. The third-order valence-corrected chi connectivity index (χ3v) is 3.83. The van der Waals surface area contributed by atoms with E-state index in [9.17, 15) is 9.59 Å². The molecule has 2 rings (SSSR count). The number of aromatic nitrogens is 1. The van der Waals surface area contributed by atoms with Crippen molar-refractivity contribution in [2.45, 2.75) is 6.42 Å². The van der Waals surface area contributed by atoms with Crippen molar-refractivity contribution < 1.29 is 23.5 Å². The molecule has 7 heteroatoms. The van der Waals surface area contributed by atoms with Crippen LogP contribution >= 0.6 is 0 Å². The van der Waals surface area contributed by atoms with Crippen molar-refractivity contribution in [1.82, 2.24) is 9.88 Å². The van der Waals surface area contributed by atoms with Crippen LogP contribution < -0.4 is 4.74 Å². The first kappa shape index (κ1) is 19.0. The Kier molecular flexibility index (Phi) is 5.81. The molecule has 25 heavy (non-hydrogen) atoms. The van der Waals surface area contributed by atoms with Crippen molar-refractivity contribution in [3.63, 3.8) is 0 Å². The second kappa shape index (κ2) is 7.67. The molecule has 0 bridgehead atoms. The molecule has 0 fully saturated rings. The highest BCUT2D eigenvalue weighted by molar-refractivity contribution is 5.91. The van der Waals surface area contributed by atoms with Crippen LogP contribution in [0.5, 0.6) is 5.75 Å². The number of hydrogen-bond acceptors (Lipinski definition) is 5. The number of aromatic amines is 1. The fourth-order valence-corrected chi connectivity index (χ4v) is 2.28. The van der Waals surface area contributed by atoms with Gasteiger partial charge in [-0.15, -0.1) is 0 Å². The van der Waals surface area contributed by atoms with Crippen molar-refractivity contribution >= 4 is 23.0 Å². The number of benzene rings is 1. The Labute approximate surface area is 147 Å². The molecule has 0 saturated heterocycles. The topological polar surface area (TPSA) is 71.6 Å². The summed E-state index contributed by atoms with van der Waals surface area (Å²) in [5.41, 5.74) is 1.95. The van der Waals surface area contributed by atoms with Crippen molar-refractivity contribution in [3.05, 3.63) is 30.0 Å². The molecule has 7 nitrogen and oxygen atoms in total. The highest BCUT2D eigenvalue weighted by Gasteiger charge is 2.23. The van der Waals surface area contributed by atoms with E-state index in [1.165, 1.54) is 0 Å². The monoisotopic (exact) mass is 348 g/mol. The van der Waals surface area contributed by atoms with Crippen LogP contribution in [-0.2, 0) is 16.0 Å². The number of likely N-dealkylation sites (N-methyl/N-ethyl adjacent to an activating group) is 2. The molecule has 0 radical (unpaired) electrons. The summed E-state index contributed by atoms with van der Waals surface area (Å²) in [6, 6.07) is 5.44. The van der Waals surface area contributed by atoms with Crippen LogP contribution in [0.2, 0.25) is 0 Å². The second-order valence-electron chi connectivity index (χ2n) is 7.09. The summed E-state index contributed by atoms with van der Waals surface area (Å²) in [6.45, 7) is 0.558. The number of carbonyl (C=O) groups is 2. The molecule has 0 aliphatic rings. The molecule has 0 atom stereocenters. The average Bonchev–Trinajstić information content (AvgIpc) is 2.94. The highest BCUT2D eigenvalue weighted by Crippen LogP contribution is 2.29. The van der Waals surface area contributed by atoms with E-state index in [0.717, 1.165) is 29.4 Å². The van der Waals surface area contributed by atoms with Gasteiger partial charge >= 0.3 is 12.1 Å². The molecule has 1 heterocycles. The van der Waals surface area contributed by atoms with E-state index in [0.29, 0.717) is 5.75 Å². The number of nitrogens with one attached hydrogen (secondary N) is 1. The molecule has 1 amide bonds. The highest BCUT2D eigenvalue weighted by atomic mass is 16.7. The Bertz CT molecular complexity index is 759. The first-order chi connectivity index (χ1) is 11.7. The fraction of sp³-hybridized carbons (Fsp3) is 0.444. The maximum Gasteiger partial charge on any atom is 0.514 e. The van der Waals surface area contributed by atoms with Crippen molar-refractivity contribution in [3.8, 4) is 5.75 Å². The Hall–Kier alpha value is -2.38. The lowest BCUT2D eigenvalue weighted by Gasteiger charge is -2.20. The molecule has 0 aliphatic heterocycles. The van der Waals surface area contributed by atoms with Gasteiger partial charge in [-0.25, -0.2) is 9.59 Å². The molecule has 2 aromatic rings. The molecule has 0 aliphatic carbocycles. The van der Waals surface area contributed by atoms with E-state index in [1.807, 2.05) is 26.4 Å². The Balaban J connectivity index is 2.11. The van der Waals surface area contributed by atoms with E-state index in [-0.39, 0.29) is 17.0 Å². The summed E-state index contributed by atoms with van der Waals surface area (Å²) in [7, 11) is 9.17. The number of quaternary nitrogens is 1. The van der Waals surface area contributed by atoms with Gasteiger partial charge < -0.3 is 19.4 Å². The van der Waals surface area contributed by atoms with Gasteiger partial charge in [0, 0.05) is 23.6 Å². The number of rotatable bonds is 6. The van der Waals surface area contributed by atoms with E-state index < -0.39 is 6.16 Å². The van der Waals surface area contributed by atoms with Crippen molar-refractivity contribution in [2.75, 3.05) is 48.4 Å². The number of amides is 1. The molecule has 1 aromatic carbocycles. The standard InChI is InChI=1S/C18H26N3O4/c1-20(2)10-9-13-11-19-14-7-6-8-15(17(13)14)25-18(23)24-12-16(22)21(3,4)5/h6-8,11,19H,9-10,12H2,1-5H3/q+1. The first-order valence-corrected chi connectivity index (χ1v) is 8.11. The molecule has 136 valence electrons. The van der Waals surface area contributed by atoms with Gasteiger partial charge in [-0.3, -0.25) is 4.48 Å². The summed E-state index contributed by atoms with van der Waals surface area (Å²) in [5, 5.41) is 0.860. The predicted octanol–water partition coefficient (Wildman–Crippen LogP) is 2.02. The minimum atomic E-state index is -0.881. The first-order valence-electron chi connectivity index (χ1n) is 8.11. The minimum absolute atomic E-state index is 0.0787. The summed E-state index contributed by atoms with van der Waals surface area (Å²) >= 11 is 0. The van der Waals surface area contributed by atoms with Crippen LogP contribution in [0.3, 0.4) is 0 Å². The number of fused-ring (bicyclic) bond motifs is 1. The third-order valence-electron chi connectivity index (χ3n) is 3.83. The second-order valence-corrected chi connectivity index (χ2v) is 7.09. The zero-order chi connectivity index (χ0) is 18.6. The van der Waals surface area contributed by atoms with E-state index in [4.69, 9.17) is 9.47 Å². The van der Waals surface area contributed by atoms with Gasteiger partial charge in [0.15, 0.2) is 0 Å². The van der Waals surface area contributed by atoms with E-state index >= 15 is 0 Å². The quantitative estimate of drug-likeness (QED) is 0.491. The molecule has 1 N–H and O–H groups in total. The lowest BCUT2D eigenvalue weighted by atomic mass is 10.1. The van der Waals surface area contributed by atoms with Crippen LogP contribution in [0, 0.1) is 0 Å².